The highest BCUT2D eigenvalue weighted by atomic mass is 32.1. The summed E-state index contributed by atoms with van der Waals surface area (Å²) in [5.41, 5.74) is 4.82. The molecule has 134 valence electrons. The zero-order chi connectivity index (χ0) is 18.2. The molecule has 1 aliphatic rings. The monoisotopic (exact) mass is 361 g/mol. The van der Waals surface area contributed by atoms with Crippen LogP contribution < -0.4 is 0 Å². The van der Waals surface area contributed by atoms with Gasteiger partial charge in [-0.2, -0.15) is 4.99 Å². The number of benzene rings is 2. The molecule has 1 fully saturated rings. The van der Waals surface area contributed by atoms with Gasteiger partial charge in [0.2, 0.25) is 0 Å². The number of rotatable bonds is 7. The zero-order valence-corrected chi connectivity index (χ0v) is 16.2. The minimum absolute atomic E-state index is 0.735. The van der Waals surface area contributed by atoms with Gasteiger partial charge < -0.3 is 0 Å². The van der Waals surface area contributed by atoms with Crippen molar-refractivity contribution in [2.45, 2.75) is 50.9 Å². The Morgan fingerprint density at radius 3 is 2.15 bits per heavy atom. The fraction of sp³-hybridized carbons (Fsp3) is 0.375. The first-order chi connectivity index (χ1) is 12.8. The molecule has 1 nitrogen and oxygen atoms in total. The third-order valence-electron chi connectivity index (χ3n) is 5.62. The van der Waals surface area contributed by atoms with Crippen LogP contribution >= 0.6 is 12.2 Å². The van der Waals surface area contributed by atoms with Gasteiger partial charge in [-0.25, -0.2) is 0 Å². The molecule has 0 N–H and O–H groups in total. The molecule has 0 aliphatic heterocycles. The van der Waals surface area contributed by atoms with Crippen molar-refractivity contribution in [3.63, 3.8) is 0 Å². The van der Waals surface area contributed by atoms with Crippen molar-refractivity contribution in [2.75, 3.05) is 0 Å². The summed E-state index contributed by atoms with van der Waals surface area (Å²) < 4.78 is 0. The summed E-state index contributed by atoms with van der Waals surface area (Å²) in [5, 5.41) is 2.41. The van der Waals surface area contributed by atoms with Crippen molar-refractivity contribution in [3.05, 3.63) is 66.7 Å². The molecular weight excluding hydrogens is 334 g/mol. The second kappa shape index (κ2) is 9.62. The number of aliphatic imine (C=N–C) groups is 1. The second-order valence-electron chi connectivity index (χ2n) is 7.31. The Labute approximate surface area is 162 Å². The number of nitrogens with zero attached hydrogens (tertiary/aromatic N) is 1. The lowest BCUT2D eigenvalue weighted by Gasteiger charge is -2.29. The van der Waals surface area contributed by atoms with Crippen molar-refractivity contribution < 1.29 is 0 Å². The van der Waals surface area contributed by atoms with E-state index in [1.807, 2.05) is 18.2 Å². The lowest BCUT2D eigenvalue weighted by Crippen LogP contribution is -2.13. The highest BCUT2D eigenvalue weighted by Crippen LogP contribution is 2.38. The van der Waals surface area contributed by atoms with Gasteiger partial charge in [0.25, 0.3) is 0 Å². The number of hydrogen-bond acceptors (Lipinski definition) is 2. The molecule has 3 rings (SSSR count). The minimum atomic E-state index is 0.735. The maximum Gasteiger partial charge on any atom is 0.0739 e. The highest BCUT2D eigenvalue weighted by molar-refractivity contribution is 7.78. The fourth-order valence-electron chi connectivity index (χ4n) is 4.06. The normalized spacial score (nSPS) is 19.5. The molecule has 0 unspecified atom stereocenters. The summed E-state index contributed by atoms with van der Waals surface area (Å²) in [6.07, 6.45) is 11.3. The highest BCUT2D eigenvalue weighted by Gasteiger charge is 2.21. The summed E-state index contributed by atoms with van der Waals surface area (Å²) in [5.74, 6) is 1.66. The van der Waals surface area contributed by atoms with Crippen LogP contribution in [0.1, 0.15) is 56.4 Å². The van der Waals surface area contributed by atoms with Crippen molar-refractivity contribution in [2.24, 2.45) is 10.9 Å². The first-order valence-electron chi connectivity index (χ1n) is 9.69. The summed E-state index contributed by atoms with van der Waals surface area (Å²) >= 11 is 4.65. The predicted molar refractivity (Wildman–Crippen MR) is 115 cm³/mol. The predicted octanol–water partition coefficient (Wildman–Crippen LogP) is 7.72. The van der Waals surface area contributed by atoms with Crippen molar-refractivity contribution in [1.29, 1.82) is 0 Å². The Morgan fingerprint density at radius 1 is 0.962 bits per heavy atom. The van der Waals surface area contributed by atoms with Gasteiger partial charge >= 0.3 is 0 Å². The Kier molecular flexibility index (Phi) is 6.94. The van der Waals surface area contributed by atoms with E-state index < -0.39 is 0 Å². The summed E-state index contributed by atoms with van der Waals surface area (Å²) in [6, 6.07) is 17.3. The summed E-state index contributed by atoms with van der Waals surface area (Å²) in [6.45, 7) is 3.82. The summed E-state index contributed by atoms with van der Waals surface area (Å²) in [4.78, 5) is 4.01. The van der Waals surface area contributed by atoms with Crippen LogP contribution in [0.25, 0.3) is 11.1 Å². The van der Waals surface area contributed by atoms with E-state index in [0.717, 1.165) is 17.5 Å². The van der Waals surface area contributed by atoms with E-state index in [1.54, 1.807) is 0 Å². The molecule has 0 saturated heterocycles. The lowest BCUT2D eigenvalue weighted by atomic mass is 9.77. The first kappa shape index (κ1) is 18.8. The quantitative estimate of drug-likeness (QED) is 0.213. The first-order valence-corrected chi connectivity index (χ1v) is 10.1. The molecule has 1 aliphatic carbocycles. The van der Waals surface area contributed by atoms with Gasteiger partial charge in [-0.1, -0.05) is 48.9 Å². The van der Waals surface area contributed by atoms with Gasteiger partial charge in [-0.05, 0) is 91.4 Å². The lowest BCUT2D eigenvalue weighted by molar-refractivity contribution is 0.306. The Morgan fingerprint density at radius 2 is 1.58 bits per heavy atom. The number of allylic oxidation sites excluding steroid dienone is 1. The Balaban J connectivity index is 1.58. The number of thiocarbonyl (C=S) groups is 1. The van der Waals surface area contributed by atoms with Gasteiger partial charge in [0.15, 0.2) is 0 Å². The molecule has 0 aromatic heterocycles. The van der Waals surface area contributed by atoms with Gasteiger partial charge in [-0.3, -0.25) is 0 Å². The van der Waals surface area contributed by atoms with E-state index in [1.165, 1.54) is 61.6 Å². The molecule has 2 heteroatoms. The Bertz CT molecular complexity index is 746. The molecule has 0 radical (unpaired) electrons. The van der Waals surface area contributed by atoms with Gasteiger partial charge in [0.05, 0.1) is 10.8 Å². The molecule has 0 heterocycles. The average Bonchev–Trinajstić information content (AvgIpc) is 2.70. The SMILES string of the molecule is C=CCCC[C@H]1CC[C@H](c2ccc(-c3ccc(N=C=S)cc3)cc2)CC1. The van der Waals surface area contributed by atoms with Crippen LogP contribution in [0.5, 0.6) is 0 Å². The maximum absolute atomic E-state index is 4.65. The molecule has 2 aromatic rings. The molecule has 0 spiro atoms. The van der Waals surface area contributed by atoms with Gasteiger partial charge in [0.1, 0.15) is 0 Å². The number of isothiocyanates is 1. The van der Waals surface area contributed by atoms with E-state index >= 15 is 0 Å². The van der Waals surface area contributed by atoms with E-state index in [2.05, 4.69) is 65.3 Å². The summed E-state index contributed by atoms with van der Waals surface area (Å²) in [7, 11) is 0. The third-order valence-corrected chi connectivity index (χ3v) is 5.72. The van der Waals surface area contributed by atoms with Crippen LogP contribution in [0.4, 0.5) is 5.69 Å². The van der Waals surface area contributed by atoms with Gasteiger partial charge in [0, 0.05) is 0 Å². The third kappa shape index (κ3) is 5.00. The largest absolute Gasteiger partial charge is 0.195 e. The van der Waals surface area contributed by atoms with Crippen LogP contribution in [0.3, 0.4) is 0 Å². The van der Waals surface area contributed by atoms with Crippen LogP contribution in [-0.4, -0.2) is 5.16 Å². The van der Waals surface area contributed by atoms with E-state index in [0.29, 0.717) is 0 Å². The second-order valence-corrected chi connectivity index (χ2v) is 7.49. The van der Waals surface area contributed by atoms with Crippen molar-refractivity contribution >= 4 is 23.1 Å². The molecule has 26 heavy (non-hydrogen) atoms. The standard InChI is InChI=1S/C24H27NS/c1-2-3-4-5-19-6-8-20(9-7-19)21-10-12-22(13-11-21)23-14-16-24(17-15-23)25-18-26/h2,10-17,19-20H,1,3-9H2/t19-,20-. The van der Waals surface area contributed by atoms with Crippen LogP contribution in [0.2, 0.25) is 0 Å². The average molecular weight is 362 g/mol. The van der Waals surface area contributed by atoms with Crippen LogP contribution in [0.15, 0.2) is 66.2 Å². The maximum atomic E-state index is 4.65. The van der Waals surface area contributed by atoms with Crippen LogP contribution in [-0.2, 0) is 0 Å². The zero-order valence-electron chi connectivity index (χ0n) is 15.4. The smallest absolute Gasteiger partial charge is 0.0739 e. The molecule has 0 amide bonds. The topological polar surface area (TPSA) is 12.4 Å². The number of hydrogen-bond donors (Lipinski definition) is 0. The van der Waals surface area contributed by atoms with Crippen molar-refractivity contribution in [1.82, 2.24) is 0 Å². The van der Waals surface area contributed by atoms with E-state index in [-0.39, 0.29) is 0 Å². The molecule has 2 aromatic carbocycles. The fourth-order valence-corrected chi connectivity index (χ4v) is 4.17. The number of unbranched alkanes of at least 4 members (excludes halogenated alkanes) is 1. The molecular formula is C24H27NS. The van der Waals surface area contributed by atoms with E-state index in [9.17, 15) is 0 Å². The van der Waals surface area contributed by atoms with Crippen molar-refractivity contribution in [3.8, 4) is 11.1 Å². The molecule has 1 saturated carbocycles. The minimum Gasteiger partial charge on any atom is -0.195 e. The van der Waals surface area contributed by atoms with E-state index in [4.69, 9.17) is 0 Å². The van der Waals surface area contributed by atoms with Gasteiger partial charge in [-0.15, -0.1) is 6.58 Å². The Hall–Kier alpha value is -2.02. The molecule has 0 bridgehead atoms. The molecule has 0 atom stereocenters. The van der Waals surface area contributed by atoms with Crippen LogP contribution in [0, 0.1) is 5.92 Å².